The highest BCUT2D eigenvalue weighted by molar-refractivity contribution is 5.92. The van der Waals surface area contributed by atoms with E-state index < -0.39 is 17.6 Å². The van der Waals surface area contributed by atoms with Gasteiger partial charge in [0.1, 0.15) is 17.9 Å². The Labute approximate surface area is 206 Å². The number of nitrogens with zero attached hydrogens (tertiary/aromatic N) is 1. The summed E-state index contributed by atoms with van der Waals surface area (Å²) in [7, 11) is 0. The molecule has 1 aromatic carbocycles. The summed E-state index contributed by atoms with van der Waals surface area (Å²) in [6.45, 7) is 8.83. The predicted molar refractivity (Wildman–Crippen MR) is 134 cm³/mol. The molecule has 1 saturated heterocycles. The minimum atomic E-state index is -0.529. The SMILES string of the molecule is C=C1CC[C@@H]2[C@](C)(CO)[C@H](O)CC[C@@]2(C)[C@@H]1C/C=C1/C(=O)OC[C@@H]1Oc1cccc2cccnc12. The maximum Gasteiger partial charge on any atom is 0.337 e. The van der Waals surface area contributed by atoms with Crippen molar-refractivity contribution in [1.82, 2.24) is 4.98 Å². The maximum atomic E-state index is 12.7. The molecule has 186 valence electrons. The molecule has 5 rings (SSSR count). The third kappa shape index (κ3) is 3.97. The number of aliphatic hydroxyl groups excluding tert-OH is 2. The molecule has 1 aromatic heterocycles. The number of cyclic esters (lactones) is 1. The van der Waals surface area contributed by atoms with E-state index in [2.05, 4.69) is 18.5 Å². The summed E-state index contributed by atoms with van der Waals surface area (Å²) in [6, 6.07) is 9.64. The Bertz CT molecular complexity index is 1170. The molecular weight excluding hydrogens is 442 g/mol. The second kappa shape index (κ2) is 9.07. The number of hydrogen-bond acceptors (Lipinski definition) is 6. The molecule has 1 aliphatic heterocycles. The van der Waals surface area contributed by atoms with Gasteiger partial charge in [-0.1, -0.05) is 50.3 Å². The Morgan fingerprint density at radius 1 is 1.26 bits per heavy atom. The van der Waals surface area contributed by atoms with Gasteiger partial charge in [-0.05, 0) is 61.5 Å². The number of aliphatic hydroxyl groups is 2. The Morgan fingerprint density at radius 3 is 2.86 bits per heavy atom. The number of carbonyl (C=O) groups excluding carboxylic acids is 1. The van der Waals surface area contributed by atoms with E-state index in [-0.39, 0.29) is 36.4 Å². The summed E-state index contributed by atoms with van der Waals surface area (Å²) in [6.07, 6.45) is 6.67. The van der Waals surface area contributed by atoms with E-state index in [1.165, 1.54) is 5.57 Å². The lowest BCUT2D eigenvalue weighted by atomic mass is 9.46. The van der Waals surface area contributed by atoms with Gasteiger partial charge in [-0.25, -0.2) is 4.79 Å². The molecule has 2 aromatic rings. The molecule has 0 unspecified atom stereocenters. The molecule has 0 amide bonds. The van der Waals surface area contributed by atoms with Crippen molar-refractivity contribution in [2.24, 2.45) is 22.7 Å². The van der Waals surface area contributed by atoms with E-state index in [9.17, 15) is 15.0 Å². The standard InChI is InChI=1S/C29H35NO5/c1-18-9-12-24-28(2,14-13-25(32)29(24,3)17-31)21(18)11-10-20-23(16-34-27(20)33)35-22-8-4-6-19-7-5-15-30-26(19)22/h4-8,10,15,21,23-25,31-32H,1,9,11-14,16-17H2,2-3H3/b20-10+/t21-,23+,24+,25-,28+,29+/m1/s1. The summed E-state index contributed by atoms with van der Waals surface area (Å²) in [5.41, 5.74) is 1.84. The number of rotatable bonds is 5. The van der Waals surface area contributed by atoms with E-state index in [0.29, 0.717) is 24.2 Å². The van der Waals surface area contributed by atoms with Crippen LogP contribution < -0.4 is 4.74 Å². The van der Waals surface area contributed by atoms with Crippen molar-refractivity contribution in [3.63, 3.8) is 0 Å². The molecule has 6 atom stereocenters. The minimum Gasteiger partial charge on any atom is -0.480 e. The molecule has 6 heteroatoms. The highest BCUT2D eigenvalue weighted by atomic mass is 16.6. The Morgan fingerprint density at radius 2 is 2.06 bits per heavy atom. The van der Waals surface area contributed by atoms with E-state index >= 15 is 0 Å². The number of pyridine rings is 1. The molecule has 3 fully saturated rings. The van der Waals surface area contributed by atoms with E-state index in [1.807, 2.05) is 43.3 Å². The zero-order valence-electron chi connectivity index (χ0n) is 20.6. The summed E-state index contributed by atoms with van der Waals surface area (Å²) in [5, 5.41) is 22.0. The van der Waals surface area contributed by atoms with Crippen LogP contribution in [0.15, 0.2) is 60.3 Å². The van der Waals surface area contributed by atoms with Crippen LogP contribution in [0, 0.1) is 22.7 Å². The topological polar surface area (TPSA) is 88.9 Å². The van der Waals surface area contributed by atoms with Crippen LogP contribution in [0.1, 0.15) is 46.0 Å². The smallest absolute Gasteiger partial charge is 0.337 e. The fourth-order valence-corrected chi connectivity index (χ4v) is 6.97. The minimum absolute atomic E-state index is 0.0317. The van der Waals surface area contributed by atoms with E-state index in [0.717, 1.165) is 30.2 Å². The first kappa shape index (κ1) is 24.0. The number of hydrogen-bond donors (Lipinski definition) is 2. The molecule has 2 N–H and O–H groups in total. The number of allylic oxidation sites excluding steroid dienone is 2. The van der Waals surface area contributed by atoms with Crippen LogP contribution in [0.5, 0.6) is 5.75 Å². The molecule has 3 aliphatic rings. The second-order valence-electron chi connectivity index (χ2n) is 11.0. The monoisotopic (exact) mass is 477 g/mol. The molecule has 0 spiro atoms. The molecule has 35 heavy (non-hydrogen) atoms. The maximum absolute atomic E-state index is 12.7. The van der Waals surface area contributed by atoms with Crippen LogP contribution in [0.4, 0.5) is 0 Å². The summed E-state index contributed by atoms with van der Waals surface area (Å²) < 4.78 is 11.7. The molecule has 0 radical (unpaired) electrons. The van der Waals surface area contributed by atoms with Gasteiger partial charge < -0.3 is 19.7 Å². The van der Waals surface area contributed by atoms with Gasteiger partial charge in [-0.2, -0.15) is 0 Å². The predicted octanol–water partition coefficient (Wildman–Crippen LogP) is 4.60. The first-order valence-electron chi connectivity index (χ1n) is 12.6. The quantitative estimate of drug-likeness (QED) is 0.372. The third-order valence-electron chi connectivity index (χ3n) is 9.08. The zero-order chi connectivity index (χ0) is 24.8. The van der Waals surface area contributed by atoms with Crippen molar-refractivity contribution >= 4 is 16.9 Å². The number of carbonyl (C=O) groups is 1. The van der Waals surface area contributed by atoms with Gasteiger partial charge in [-0.15, -0.1) is 0 Å². The van der Waals surface area contributed by atoms with Crippen molar-refractivity contribution in [3.05, 3.63) is 60.3 Å². The third-order valence-corrected chi connectivity index (χ3v) is 9.08. The summed E-state index contributed by atoms with van der Waals surface area (Å²) in [5.74, 6) is 0.624. The Hall–Kier alpha value is -2.70. The average Bonchev–Trinajstić information content (AvgIpc) is 3.20. The zero-order valence-corrected chi connectivity index (χ0v) is 20.6. The average molecular weight is 478 g/mol. The molecule has 2 aliphatic carbocycles. The van der Waals surface area contributed by atoms with Crippen molar-refractivity contribution in [2.75, 3.05) is 13.2 Å². The van der Waals surface area contributed by atoms with Gasteiger partial charge in [-0.3, -0.25) is 4.98 Å². The van der Waals surface area contributed by atoms with E-state index in [1.54, 1.807) is 6.20 Å². The molecule has 2 heterocycles. The fourth-order valence-electron chi connectivity index (χ4n) is 6.97. The van der Waals surface area contributed by atoms with Gasteiger partial charge in [0.2, 0.25) is 0 Å². The Kier molecular flexibility index (Phi) is 6.22. The van der Waals surface area contributed by atoms with Crippen LogP contribution in [0.25, 0.3) is 10.9 Å². The molecular formula is C29H35NO5. The van der Waals surface area contributed by atoms with Crippen LogP contribution in [0.2, 0.25) is 0 Å². The van der Waals surface area contributed by atoms with Gasteiger partial charge in [0, 0.05) is 17.0 Å². The molecule has 0 bridgehead atoms. The van der Waals surface area contributed by atoms with Crippen molar-refractivity contribution < 1.29 is 24.5 Å². The first-order chi connectivity index (χ1) is 16.8. The molecule has 2 saturated carbocycles. The van der Waals surface area contributed by atoms with Crippen LogP contribution in [-0.4, -0.2) is 46.6 Å². The van der Waals surface area contributed by atoms with Crippen LogP contribution >= 0.6 is 0 Å². The van der Waals surface area contributed by atoms with Crippen molar-refractivity contribution in [2.45, 2.75) is 58.2 Å². The summed E-state index contributed by atoms with van der Waals surface area (Å²) in [4.78, 5) is 17.1. The normalized spacial score (nSPS) is 36.3. The van der Waals surface area contributed by atoms with Crippen LogP contribution in [-0.2, 0) is 9.53 Å². The number of fused-ring (bicyclic) bond motifs is 2. The van der Waals surface area contributed by atoms with Gasteiger partial charge in [0.15, 0.2) is 6.10 Å². The number of para-hydroxylation sites is 1. The number of esters is 1. The number of aromatic nitrogens is 1. The van der Waals surface area contributed by atoms with Crippen molar-refractivity contribution in [3.8, 4) is 5.75 Å². The molecule has 6 nitrogen and oxygen atoms in total. The first-order valence-corrected chi connectivity index (χ1v) is 12.6. The fraction of sp³-hybridized carbons (Fsp3) is 0.517. The summed E-state index contributed by atoms with van der Waals surface area (Å²) >= 11 is 0. The van der Waals surface area contributed by atoms with E-state index in [4.69, 9.17) is 9.47 Å². The largest absolute Gasteiger partial charge is 0.480 e. The number of ether oxygens (including phenoxy) is 2. The van der Waals surface area contributed by atoms with Gasteiger partial charge in [0.25, 0.3) is 0 Å². The number of benzene rings is 1. The lowest BCUT2D eigenvalue weighted by Gasteiger charge is -2.59. The highest BCUT2D eigenvalue weighted by Gasteiger charge is 2.57. The lowest BCUT2D eigenvalue weighted by molar-refractivity contribution is -0.151. The second-order valence-corrected chi connectivity index (χ2v) is 11.0. The lowest BCUT2D eigenvalue weighted by Crippen LogP contribution is -2.57. The van der Waals surface area contributed by atoms with Gasteiger partial charge in [0.05, 0.1) is 18.3 Å². The van der Waals surface area contributed by atoms with Crippen LogP contribution in [0.3, 0.4) is 0 Å². The van der Waals surface area contributed by atoms with Gasteiger partial charge >= 0.3 is 5.97 Å². The highest BCUT2D eigenvalue weighted by Crippen LogP contribution is 2.61. The van der Waals surface area contributed by atoms with Crippen molar-refractivity contribution in [1.29, 1.82) is 0 Å². The Balaban J connectivity index is 1.41.